The summed E-state index contributed by atoms with van der Waals surface area (Å²) in [6, 6.07) is 30.8. The third kappa shape index (κ3) is 11.6. The number of fused-ring (bicyclic) bond motifs is 2. The molecule has 0 radical (unpaired) electrons. The number of rotatable bonds is 12. The van der Waals surface area contributed by atoms with Gasteiger partial charge in [0.15, 0.2) is 0 Å². The van der Waals surface area contributed by atoms with E-state index in [1.807, 2.05) is 105 Å². The van der Waals surface area contributed by atoms with Gasteiger partial charge in [-0.25, -0.2) is 9.59 Å². The number of carbonyl (C=O) groups is 4. The first kappa shape index (κ1) is 46.1. The second-order valence-electron chi connectivity index (χ2n) is 14.0. The molecular weight excluding hydrogens is 765 g/mol. The zero-order chi connectivity index (χ0) is 43.9. The summed E-state index contributed by atoms with van der Waals surface area (Å²) in [5.41, 5.74) is 17.6. The van der Waals surface area contributed by atoms with Crippen molar-refractivity contribution in [3.63, 3.8) is 0 Å². The normalized spacial score (nSPS) is 15.1. The summed E-state index contributed by atoms with van der Waals surface area (Å²) in [6.07, 6.45) is -0.675. The van der Waals surface area contributed by atoms with Crippen LogP contribution in [0, 0.1) is 0 Å². The van der Waals surface area contributed by atoms with Gasteiger partial charge >= 0.3 is 23.9 Å². The molecule has 318 valence electrons. The highest BCUT2D eigenvalue weighted by atomic mass is 16.6. The first-order valence-corrected chi connectivity index (χ1v) is 20.3. The Morgan fingerprint density at radius 2 is 1.13 bits per heavy atom. The van der Waals surface area contributed by atoms with E-state index in [0.29, 0.717) is 22.6 Å². The molecule has 0 bridgehead atoms. The fraction of sp³-hybridized carbons (Fsp3) is 0.333. The Morgan fingerprint density at radius 3 is 1.73 bits per heavy atom. The summed E-state index contributed by atoms with van der Waals surface area (Å²) < 4.78 is 32.6. The van der Waals surface area contributed by atoms with Crippen LogP contribution in [0.25, 0.3) is 22.3 Å². The molecule has 4 N–H and O–H groups in total. The van der Waals surface area contributed by atoms with Crippen molar-refractivity contribution in [2.24, 2.45) is 11.5 Å². The van der Waals surface area contributed by atoms with E-state index in [4.69, 9.17) is 39.9 Å². The largest absolute Gasteiger partial charge is 0.466 e. The predicted octanol–water partition coefficient (Wildman–Crippen LogP) is 8.84. The number of para-hydroxylation sites is 1. The minimum atomic E-state index is -0.630. The minimum absolute atomic E-state index is 0.0305. The Kier molecular flexibility index (Phi) is 16.9. The minimum Gasteiger partial charge on any atom is -0.466 e. The molecule has 0 aromatic heterocycles. The average molecular weight is 821 g/mol. The second-order valence-corrected chi connectivity index (χ2v) is 14.0. The van der Waals surface area contributed by atoms with E-state index in [0.717, 1.165) is 22.3 Å². The topological polar surface area (TPSA) is 176 Å². The van der Waals surface area contributed by atoms with Crippen LogP contribution in [-0.2, 0) is 38.1 Å². The standard InChI is InChI=1S/C24H27NO5.C22H23NO5.C2H6/c1-14(2)28-21(26)13-19-18-12-17(16-8-6-5-7-9-16)10-11-20(18)30-23(25)22(19)24(27)29-15(3)4;1-3-26-18(24)13-17-16-12-8-11-15(14-9-6-5-7-10-14)20(16)28-21(23)19(17)22(25)27-4-2;1-2/h5-12,14-15,19H,13,25H2,1-4H3;5-12,17H,3-4,13,23H2,1-2H3;1-2H3. The van der Waals surface area contributed by atoms with Crippen LogP contribution in [-0.4, -0.2) is 49.3 Å². The molecular formula is C48H56N2O10. The van der Waals surface area contributed by atoms with Crippen LogP contribution in [0.4, 0.5) is 0 Å². The van der Waals surface area contributed by atoms with Gasteiger partial charge in [0.1, 0.15) is 22.6 Å². The quantitative estimate of drug-likeness (QED) is 0.103. The van der Waals surface area contributed by atoms with E-state index >= 15 is 0 Å². The van der Waals surface area contributed by atoms with E-state index in [2.05, 4.69) is 0 Å². The molecule has 12 heteroatoms. The number of esters is 4. The molecule has 4 aromatic rings. The molecule has 0 saturated heterocycles. The number of ether oxygens (including phenoxy) is 6. The highest BCUT2D eigenvalue weighted by Gasteiger charge is 2.38. The van der Waals surface area contributed by atoms with Crippen molar-refractivity contribution in [1.29, 1.82) is 0 Å². The maximum Gasteiger partial charge on any atom is 0.340 e. The molecule has 0 fully saturated rings. The number of carbonyl (C=O) groups excluding carboxylic acids is 4. The van der Waals surface area contributed by atoms with Gasteiger partial charge in [-0.15, -0.1) is 0 Å². The maximum absolute atomic E-state index is 12.8. The molecule has 2 heterocycles. The van der Waals surface area contributed by atoms with Gasteiger partial charge < -0.3 is 39.9 Å². The molecule has 2 aliphatic rings. The van der Waals surface area contributed by atoms with Gasteiger partial charge in [-0.2, -0.15) is 0 Å². The van der Waals surface area contributed by atoms with Gasteiger partial charge in [-0.05, 0) is 70.4 Å². The van der Waals surface area contributed by atoms with Crippen LogP contribution in [0.2, 0.25) is 0 Å². The predicted molar refractivity (Wildman–Crippen MR) is 229 cm³/mol. The van der Waals surface area contributed by atoms with Crippen molar-refractivity contribution in [2.75, 3.05) is 13.2 Å². The molecule has 2 unspecified atom stereocenters. The molecule has 0 aliphatic carbocycles. The van der Waals surface area contributed by atoms with Gasteiger partial charge in [0.05, 0.1) is 38.3 Å². The summed E-state index contributed by atoms with van der Waals surface area (Å²) in [5.74, 6) is -2.32. The Bertz CT molecular complexity index is 2180. The lowest BCUT2D eigenvalue weighted by Gasteiger charge is -2.29. The molecule has 0 amide bonds. The summed E-state index contributed by atoms with van der Waals surface area (Å²) >= 11 is 0. The summed E-state index contributed by atoms with van der Waals surface area (Å²) in [6.45, 7) is 15.0. The van der Waals surface area contributed by atoms with Crippen LogP contribution < -0.4 is 20.9 Å². The van der Waals surface area contributed by atoms with Crippen LogP contribution in [0.15, 0.2) is 120 Å². The zero-order valence-corrected chi connectivity index (χ0v) is 35.6. The van der Waals surface area contributed by atoms with Crippen LogP contribution in [0.1, 0.15) is 91.2 Å². The molecule has 2 atom stereocenters. The average Bonchev–Trinajstić information content (AvgIpc) is 3.21. The Morgan fingerprint density at radius 1 is 0.583 bits per heavy atom. The van der Waals surface area contributed by atoms with E-state index in [9.17, 15) is 19.2 Å². The fourth-order valence-electron chi connectivity index (χ4n) is 6.77. The highest BCUT2D eigenvalue weighted by molar-refractivity contribution is 5.94. The number of benzene rings is 4. The van der Waals surface area contributed by atoms with Gasteiger partial charge in [-0.1, -0.05) is 98.8 Å². The number of hydrogen-bond donors (Lipinski definition) is 2. The lowest BCUT2D eigenvalue weighted by Crippen LogP contribution is -2.29. The Balaban J connectivity index is 0.000000255. The summed E-state index contributed by atoms with van der Waals surface area (Å²) in [5, 5.41) is 0. The molecule has 4 aromatic carbocycles. The van der Waals surface area contributed by atoms with Crippen LogP contribution in [0.5, 0.6) is 11.5 Å². The molecule has 12 nitrogen and oxygen atoms in total. The Labute approximate surface area is 352 Å². The first-order valence-electron chi connectivity index (χ1n) is 20.3. The third-order valence-electron chi connectivity index (χ3n) is 9.13. The number of nitrogens with two attached hydrogens (primary N) is 2. The van der Waals surface area contributed by atoms with Gasteiger partial charge in [-0.3, -0.25) is 9.59 Å². The fourth-order valence-corrected chi connectivity index (χ4v) is 6.77. The van der Waals surface area contributed by atoms with Crippen molar-refractivity contribution in [3.05, 3.63) is 131 Å². The molecule has 2 aliphatic heterocycles. The molecule has 0 spiro atoms. The SMILES string of the molecule is CC.CC(C)OC(=O)CC1C(C(=O)OC(C)C)=C(N)Oc2ccc(-c3ccccc3)cc21.CCOC(=O)CC1C(C(=O)OCC)=C(N)Oc2c(-c3ccccc3)cccc21. The Hall–Kier alpha value is -6.56. The van der Waals surface area contributed by atoms with Crippen molar-refractivity contribution in [1.82, 2.24) is 0 Å². The highest BCUT2D eigenvalue weighted by Crippen LogP contribution is 2.46. The first-order chi connectivity index (χ1) is 28.8. The lowest BCUT2D eigenvalue weighted by molar-refractivity contribution is -0.148. The molecule has 0 saturated carbocycles. The monoisotopic (exact) mass is 820 g/mol. The van der Waals surface area contributed by atoms with Gasteiger partial charge in [0, 0.05) is 28.5 Å². The van der Waals surface area contributed by atoms with Crippen molar-refractivity contribution in [2.45, 2.75) is 92.3 Å². The van der Waals surface area contributed by atoms with Crippen molar-refractivity contribution >= 4 is 23.9 Å². The lowest BCUT2D eigenvalue weighted by atomic mass is 9.84. The van der Waals surface area contributed by atoms with E-state index in [-0.39, 0.29) is 61.2 Å². The smallest absolute Gasteiger partial charge is 0.340 e. The van der Waals surface area contributed by atoms with Crippen molar-refractivity contribution in [3.8, 4) is 33.8 Å². The van der Waals surface area contributed by atoms with E-state index in [1.165, 1.54) is 0 Å². The molecule has 6 rings (SSSR count). The van der Waals surface area contributed by atoms with Gasteiger partial charge in [0.2, 0.25) is 11.8 Å². The van der Waals surface area contributed by atoms with E-state index in [1.54, 1.807) is 47.6 Å². The van der Waals surface area contributed by atoms with E-state index < -0.39 is 35.7 Å². The maximum atomic E-state index is 12.8. The van der Waals surface area contributed by atoms with Crippen LogP contribution >= 0.6 is 0 Å². The third-order valence-corrected chi connectivity index (χ3v) is 9.13. The summed E-state index contributed by atoms with van der Waals surface area (Å²) in [4.78, 5) is 50.1. The number of hydrogen-bond acceptors (Lipinski definition) is 12. The van der Waals surface area contributed by atoms with Crippen LogP contribution in [0.3, 0.4) is 0 Å². The molecule has 60 heavy (non-hydrogen) atoms. The van der Waals surface area contributed by atoms with Gasteiger partial charge in [0.25, 0.3) is 0 Å². The second kappa shape index (κ2) is 22.0. The zero-order valence-electron chi connectivity index (χ0n) is 35.6. The summed E-state index contributed by atoms with van der Waals surface area (Å²) in [7, 11) is 0. The van der Waals surface area contributed by atoms with Crippen molar-refractivity contribution < 1.29 is 47.6 Å².